The van der Waals surface area contributed by atoms with Gasteiger partial charge in [-0.15, -0.1) is 0 Å². The van der Waals surface area contributed by atoms with E-state index in [9.17, 15) is 9.59 Å². The van der Waals surface area contributed by atoms with Crippen LogP contribution < -0.4 is 20.3 Å². The molecule has 7 nitrogen and oxygen atoms in total. The summed E-state index contributed by atoms with van der Waals surface area (Å²) >= 11 is 0. The number of nitrogens with zero attached hydrogens (tertiary/aromatic N) is 1. The van der Waals surface area contributed by atoms with Crippen molar-refractivity contribution in [2.24, 2.45) is 0 Å². The van der Waals surface area contributed by atoms with Crippen molar-refractivity contribution < 1.29 is 19.1 Å². The minimum atomic E-state index is -0.497. The molecule has 0 heterocycles. The van der Waals surface area contributed by atoms with Crippen molar-refractivity contribution in [3.8, 4) is 17.6 Å². The molecule has 0 bridgehead atoms. The number of hydrogen-bond acceptors (Lipinski definition) is 5. The number of carbonyl (C=O) groups is 2. The van der Waals surface area contributed by atoms with Crippen LogP contribution in [0, 0.1) is 11.3 Å². The molecule has 0 atom stereocenters. The second kappa shape index (κ2) is 8.89. The van der Waals surface area contributed by atoms with Crippen LogP contribution in [-0.4, -0.2) is 26.0 Å². The van der Waals surface area contributed by atoms with Gasteiger partial charge in [-0.1, -0.05) is 12.1 Å². The maximum absolute atomic E-state index is 12.1. The molecule has 2 N–H and O–H groups in total. The summed E-state index contributed by atoms with van der Waals surface area (Å²) in [6.07, 6.45) is 2.84. The zero-order valence-corrected chi connectivity index (χ0v) is 14.3. The van der Waals surface area contributed by atoms with E-state index >= 15 is 0 Å². The van der Waals surface area contributed by atoms with Crippen LogP contribution in [-0.2, 0) is 4.79 Å². The average Bonchev–Trinajstić information content (AvgIpc) is 2.70. The van der Waals surface area contributed by atoms with Crippen LogP contribution in [0.3, 0.4) is 0 Å². The van der Waals surface area contributed by atoms with Gasteiger partial charge in [0.25, 0.3) is 11.8 Å². The van der Waals surface area contributed by atoms with Crippen molar-refractivity contribution in [3.05, 3.63) is 65.2 Å². The van der Waals surface area contributed by atoms with E-state index in [4.69, 9.17) is 14.7 Å². The molecule has 7 heteroatoms. The van der Waals surface area contributed by atoms with E-state index in [-0.39, 0.29) is 0 Å². The Hall–Kier alpha value is -3.79. The molecule has 2 rings (SSSR count). The highest BCUT2D eigenvalue weighted by Crippen LogP contribution is 2.27. The van der Waals surface area contributed by atoms with Gasteiger partial charge in [0.1, 0.15) is 0 Å². The summed E-state index contributed by atoms with van der Waals surface area (Å²) in [6.45, 7) is 0. The molecule has 2 aromatic rings. The Morgan fingerprint density at radius 3 is 2.31 bits per heavy atom. The van der Waals surface area contributed by atoms with Gasteiger partial charge in [0, 0.05) is 11.6 Å². The largest absolute Gasteiger partial charge is 0.493 e. The van der Waals surface area contributed by atoms with Gasteiger partial charge in [-0.3, -0.25) is 20.4 Å². The van der Waals surface area contributed by atoms with Crippen LogP contribution >= 0.6 is 0 Å². The van der Waals surface area contributed by atoms with Gasteiger partial charge in [0.15, 0.2) is 11.5 Å². The van der Waals surface area contributed by atoms with Crippen LogP contribution in [0.15, 0.2) is 48.5 Å². The molecule has 0 saturated heterocycles. The SMILES string of the molecule is COc1ccc(C(=O)NNC(=O)/C=C/c2ccc(C#N)cc2)cc1OC. The first-order valence-electron chi connectivity index (χ1n) is 7.58. The smallest absolute Gasteiger partial charge is 0.269 e. The van der Waals surface area contributed by atoms with Crippen molar-refractivity contribution >= 4 is 17.9 Å². The molecular weight excluding hydrogens is 334 g/mol. The number of ether oxygens (including phenoxy) is 2. The Morgan fingerprint density at radius 1 is 1.00 bits per heavy atom. The third kappa shape index (κ3) is 4.85. The second-order valence-corrected chi connectivity index (χ2v) is 5.08. The number of hydrogen-bond donors (Lipinski definition) is 2. The van der Waals surface area contributed by atoms with E-state index in [1.165, 1.54) is 26.4 Å². The molecule has 0 aliphatic rings. The number of nitrogens with one attached hydrogen (secondary N) is 2. The number of hydrazine groups is 1. The van der Waals surface area contributed by atoms with E-state index in [1.54, 1.807) is 42.5 Å². The first-order chi connectivity index (χ1) is 12.6. The zero-order chi connectivity index (χ0) is 18.9. The topological polar surface area (TPSA) is 100 Å². The quantitative estimate of drug-likeness (QED) is 0.634. The Labute approximate surface area is 150 Å². The third-order valence-corrected chi connectivity index (χ3v) is 3.41. The minimum absolute atomic E-state index is 0.305. The first kappa shape index (κ1) is 18.5. The molecule has 2 amide bonds. The lowest BCUT2D eigenvalue weighted by Gasteiger charge is -2.10. The van der Waals surface area contributed by atoms with Crippen LogP contribution in [0.2, 0.25) is 0 Å². The monoisotopic (exact) mass is 351 g/mol. The number of amides is 2. The van der Waals surface area contributed by atoms with E-state index in [1.807, 2.05) is 6.07 Å². The van der Waals surface area contributed by atoms with Gasteiger partial charge < -0.3 is 9.47 Å². The molecule has 0 aliphatic carbocycles. The zero-order valence-electron chi connectivity index (χ0n) is 14.3. The van der Waals surface area contributed by atoms with Gasteiger partial charge in [-0.05, 0) is 42.0 Å². The van der Waals surface area contributed by atoms with E-state index in [0.29, 0.717) is 22.6 Å². The molecule has 0 aliphatic heterocycles. The summed E-state index contributed by atoms with van der Waals surface area (Å²) in [7, 11) is 2.97. The van der Waals surface area contributed by atoms with Crippen molar-refractivity contribution in [2.45, 2.75) is 0 Å². The average molecular weight is 351 g/mol. The number of carbonyl (C=O) groups excluding carboxylic acids is 2. The third-order valence-electron chi connectivity index (χ3n) is 3.41. The molecule has 0 saturated carbocycles. The number of benzene rings is 2. The van der Waals surface area contributed by atoms with Crippen LogP contribution in [0.5, 0.6) is 11.5 Å². The number of methoxy groups -OCH3 is 2. The highest BCUT2D eigenvalue weighted by molar-refractivity contribution is 5.98. The van der Waals surface area contributed by atoms with Crippen molar-refractivity contribution in [1.29, 1.82) is 5.26 Å². The van der Waals surface area contributed by atoms with Crippen LogP contribution in [0.25, 0.3) is 6.08 Å². The fraction of sp³-hybridized carbons (Fsp3) is 0.105. The molecule has 2 aromatic carbocycles. The van der Waals surface area contributed by atoms with Gasteiger partial charge in [-0.2, -0.15) is 5.26 Å². The summed E-state index contributed by atoms with van der Waals surface area (Å²) in [5.41, 5.74) is 6.20. The van der Waals surface area contributed by atoms with Gasteiger partial charge in [0.05, 0.1) is 25.9 Å². The molecule has 0 radical (unpaired) electrons. The van der Waals surface area contributed by atoms with E-state index in [2.05, 4.69) is 10.9 Å². The van der Waals surface area contributed by atoms with Crippen LogP contribution in [0.4, 0.5) is 0 Å². The Balaban J connectivity index is 1.93. The highest BCUT2D eigenvalue weighted by atomic mass is 16.5. The predicted molar refractivity (Wildman–Crippen MR) is 95.3 cm³/mol. The Morgan fingerprint density at radius 2 is 1.69 bits per heavy atom. The molecule has 0 spiro atoms. The Bertz CT molecular complexity index is 867. The summed E-state index contributed by atoms with van der Waals surface area (Å²) in [5.74, 6) is -0.0834. The number of nitriles is 1. The summed E-state index contributed by atoms with van der Waals surface area (Å²) in [6, 6.07) is 13.4. The normalized spacial score (nSPS) is 10.0. The fourth-order valence-electron chi connectivity index (χ4n) is 2.05. The molecule has 0 fully saturated rings. The van der Waals surface area contributed by atoms with Gasteiger partial charge in [-0.25, -0.2) is 0 Å². The van der Waals surface area contributed by atoms with Crippen molar-refractivity contribution in [2.75, 3.05) is 14.2 Å². The second-order valence-electron chi connectivity index (χ2n) is 5.08. The summed E-state index contributed by atoms with van der Waals surface area (Å²) < 4.78 is 10.2. The Kier molecular flexibility index (Phi) is 6.34. The molecule has 26 heavy (non-hydrogen) atoms. The van der Waals surface area contributed by atoms with E-state index in [0.717, 1.165) is 5.56 Å². The summed E-state index contributed by atoms with van der Waals surface area (Å²) in [5, 5.41) is 8.74. The maximum Gasteiger partial charge on any atom is 0.269 e. The van der Waals surface area contributed by atoms with Gasteiger partial charge >= 0.3 is 0 Å². The van der Waals surface area contributed by atoms with Crippen LogP contribution in [0.1, 0.15) is 21.5 Å². The standard InChI is InChI=1S/C19H17N3O4/c1-25-16-9-8-15(11-17(16)26-2)19(24)22-21-18(23)10-7-13-3-5-14(12-20)6-4-13/h3-11H,1-2H3,(H,21,23)(H,22,24)/b10-7+. The summed E-state index contributed by atoms with van der Waals surface area (Å²) in [4.78, 5) is 23.9. The lowest BCUT2D eigenvalue weighted by molar-refractivity contribution is -0.117. The molecule has 0 unspecified atom stereocenters. The lowest BCUT2D eigenvalue weighted by Crippen LogP contribution is -2.40. The molecule has 132 valence electrons. The minimum Gasteiger partial charge on any atom is -0.493 e. The molecule has 0 aromatic heterocycles. The predicted octanol–water partition coefficient (Wildman–Crippen LogP) is 2.05. The van der Waals surface area contributed by atoms with Gasteiger partial charge in [0.2, 0.25) is 0 Å². The number of rotatable bonds is 5. The lowest BCUT2D eigenvalue weighted by atomic mass is 10.1. The first-order valence-corrected chi connectivity index (χ1v) is 7.58. The highest BCUT2D eigenvalue weighted by Gasteiger charge is 2.10. The molecular formula is C19H17N3O4. The van der Waals surface area contributed by atoms with Crippen molar-refractivity contribution in [3.63, 3.8) is 0 Å². The van der Waals surface area contributed by atoms with Crippen molar-refractivity contribution in [1.82, 2.24) is 10.9 Å². The fourth-order valence-corrected chi connectivity index (χ4v) is 2.05. The van der Waals surface area contributed by atoms with E-state index < -0.39 is 11.8 Å². The maximum atomic E-state index is 12.1.